The first-order valence-corrected chi connectivity index (χ1v) is 8.28. The number of nitrogens with zero attached hydrogens (tertiary/aromatic N) is 2. The number of carbonyl (C=O) groups is 2. The first-order chi connectivity index (χ1) is 11.6. The third-order valence-electron chi connectivity index (χ3n) is 4.45. The normalized spacial score (nSPS) is 18.8. The number of carbonyl (C=O) groups excluding carboxylic acids is 2. The van der Waals surface area contributed by atoms with Gasteiger partial charge in [0.05, 0.1) is 18.9 Å². The van der Waals surface area contributed by atoms with Crippen LogP contribution in [0.4, 0.5) is 5.69 Å². The minimum absolute atomic E-state index is 0.0139. The molecule has 1 unspecified atom stereocenters. The number of hydrogen-bond acceptors (Lipinski definition) is 5. The van der Waals surface area contributed by atoms with E-state index in [1.54, 1.807) is 4.90 Å². The lowest BCUT2D eigenvalue weighted by molar-refractivity contribution is -0.135. The van der Waals surface area contributed by atoms with Crippen molar-refractivity contribution in [3.63, 3.8) is 0 Å². The molecule has 0 radical (unpaired) electrons. The predicted molar refractivity (Wildman–Crippen MR) is 88.9 cm³/mol. The van der Waals surface area contributed by atoms with Gasteiger partial charge in [0, 0.05) is 19.1 Å². The second-order valence-electron chi connectivity index (χ2n) is 6.00. The molecular weight excluding hydrogens is 310 g/mol. The van der Waals surface area contributed by atoms with Crippen molar-refractivity contribution in [2.45, 2.75) is 19.4 Å². The van der Waals surface area contributed by atoms with E-state index in [2.05, 4.69) is 0 Å². The average molecular weight is 333 g/mol. The lowest BCUT2D eigenvalue weighted by Crippen LogP contribution is -2.49. The second kappa shape index (κ2) is 7.19. The van der Waals surface area contributed by atoms with Gasteiger partial charge >= 0.3 is 0 Å². The van der Waals surface area contributed by atoms with Gasteiger partial charge in [-0.05, 0) is 24.1 Å². The molecule has 1 aromatic carbocycles. The smallest absolute Gasteiger partial charge is 0.265 e. The summed E-state index contributed by atoms with van der Waals surface area (Å²) < 4.78 is 10.7. The van der Waals surface area contributed by atoms with Crippen LogP contribution in [0, 0.1) is 0 Å². The zero-order valence-electron chi connectivity index (χ0n) is 13.9. The fraction of sp³-hybridized carbons (Fsp3) is 0.529. The predicted octanol–water partition coefficient (Wildman–Crippen LogP) is 0.681. The zero-order chi connectivity index (χ0) is 17.1. The third-order valence-corrected chi connectivity index (χ3v) is 4.45. The summed E-state index contributed by atoms with van der Waals surface area (Å²) in [5, 5.41) is 0. The summed E-state index contributed by atoms with van der Waals surface area (Å²) in [5.74, 6) is 0.312. The van der Waals surface area contributed by atoms with E-state index in [1.165, 1.54) is 4.90 Å². The number of ether oxygens (including phenoxy) is 2. The Bertz CT molecular complexity index is 628. The zero-order valence-corrected chi connectivity index (χ0v) is 13.9. The highest BCUT2D eigenvalue weighted by Crippen LogP contribution is 2.34. The molecule has 0 aliphatic carbocycles. The van der Waals surface area contributed by atoms with Crippen LogP contribution in [0.3, 0.4) is 0 Å². The second-order valence-corrected chi connectivity index (χ2v) is 6.00. The van der Waals surface area contributed by atoms with E-state index >= 15 is 0 Å². The summed E-state index contributed by atoms with van der Waals surface area (Å²) in [4.78, 5) is 28.0. The summed E-state index contributed by atoms with van der Waals surface area (Å²) in [5.41, 5.74) is 7.64. The number of rotatable bonds is 4. The van der Waals surface area contributed by atoms with Crippen LogP contribution < -0.4 is 15.4 Å². The number of nitrogens with two attached hydrogens (primary N) is 1. The monoisotopic (exact) mass is 333 g/mol. The Kier molecular flexibility index (Phi) is 5.01. The van der Waals surface area contributed by atoms with E-state index < -0.39 is 0 Å². The van der Waals surface area contributed by atoms with E-state index in [9.17, 15) is 9.59 Å². The average Bonchev–Trinajstić information content (AvgIpc) is 2.63. The largest absolute Gasteiger partial charge is 0.482 e. The Morgan fingerprint density at radius 2 is 2.08 bits per heavy atom. The molecule has 1 fully saturated rings. The van der Waals surface area contributed by atoms with Crippen molar-refractivity contribution in [2.24, 2.45) is 5.73 Å². The molecule has 2 amide bonds. The third kappa shape index (κ3) is 3.37. The lowest BCUT2D eigenvalue weighted by atomic mass is 10.0. The van der Waals surface area contributed by atoms with Gasteiger partial charge < -0.3 is 20.1 Å². The quantitative estimate of drug-likeness (QED) is 0.876. The van der Waals surface area contributed by atoms with Gasteiger partial charge in [-0.15, -0.1) is 0 Å². The molecular formula is C17H23N3O4. The molecule has 2 aliphatic rings. The molecule has 7 heteroatoms. The maximum absolute atomic E-state index is 12.5. The Morgan fingerprint density at radius 3 is 2.79 bits per heavy atom. The molecule has 130 valence electrons. The first-order valence-electron chi connectivity index (χ1n) is 8.28. The highest BCUT2D eigenvalue weighted by Gasteiger charge is 2.30. The molecule has 1 atom stereocenters. The van der Waals surface area contributed by atoms with Crippen LogP contribution in [-0.2, 0) is 14.3 Å². The van der Waals surface area contributed by atoms with Gasteiger partial charge in [-0.2, -0.15) is 0 Å². The summed E-state index contributed by atoms with van der Waals surface area (Å²) in [6.07, 6.45) is 0.792. The van der Waals surface area contributed by atoms with Gasteiger partial charge in [-0.1, -0.05) is 13.0 Å². The van der Waals surface area contributed by atoms with Crippen LogP contribution in [0.25, 0.3) is 0 Å². The van der Waals surface area contributed by atoms with Crippen LogP contribution >= 0.6 is 0 Å². The number of benzene rings is 1. The van der Waals surface area contributed by atoms with Crippen LogP contribution in [0.2, 0.25) is 0 Å². The summed E-state index contributed by atoms with van der Waals surface area (Å²) in [7, 11) is 0. The molecule has 7 nitrogen and oxygen atoms in total. The molecule has 0 spiro atoms. The van der Waals surface area contributed by atoms with E-state index in [1.807, 2.05) is 25.1 Å². The highest BCUT2D eigenvalue weighted by molar-refractivity contribution is 6.02. The maximum atomic E-state index is 12.5. The fourth-order valence-corrected chi connectivity index (χ4v) is 2.91. The van der Waals surface area contributed by atoms with Crippen LogP contribution in [0.1, 0.15) is 24.9 Å². The molecule has 2 aliphatic heterocycles. The maximum Gasteiger partial charge on any atom is 0.265 e. The molecule has 0 bridgehead atoms. The Balaban J connectivity index is 1.82. The van der Waals surface area contributed by atoms with Crippen molar-refractivity contribution in [1.29, 1.82) is 0 Å². The molecule has 24 heavy (non-hydrogen) atoms. The Morgan fingerprint density at radius 1 is 1.33 bits per heavy atom. The van der Waals surface area contributed by atoms with E-state index in [4.69, 9.17) is 15.2 Å². The van der Waals surface area contributed by atoms with Gasteiger partial charge in [0.1, 0.15) is 12.3 Å². The van der Waals surface area contributed by atoms with Crippen molar-refractivity contribution in [2.75, 3.05) is 44.4 Å². The van der Waals surface area contributed by atoms with Crippen LogP contribution in [0.15, 0.2) is 18.2 Å². The summed E-state index contributed by atoms with van der Waals surface area (Å²) >= 11 is 0. The van der Waals surface area contributed by atoms with E-state index in [-0.39, 0.29) is 31.0 Å². The number of fused-ring (bicyclic) bond motifs is 1. The molecule has 2 N–H and O–H groups in total. The number of morpholine rings is 1. The van der Waals surface area contributed by atoms with Crippen molar-refractivity contribution in [3.8, 4) is 5.75 Å². The van der Waals surface area contributed by atoms with Crippen molar-refractivity contribution in [3.05, 3.63) is 23.8 Å². The molecule has 0 aromatic heterocycles. The highest BCUT2D eigenvalue weighted by atomic mass is 16.5. The molecule has 1 aromatic rings. The Hall–Kier alpha value is -2.12. The summed E-state index contributed by atoms with van der Waals surface area (Å²) in [6, 6.07) is 5.47. The van der Waals surface area contributed by atoms with Crippen LogP contribution in [-0.4, -0.2) is 56.2 Å². The summed E-state index contributed by atoms with van der Waals surface area (Å²) in [6.45, 7) is 4.16. The van der Waals surface area contributed by atoms with Gasteiger partial charge in [-0.3, -0.25) is 14.5 Å². The topological polar surface area (TPSA) is 85.1 Å². The van der Waals surface area contributed by atoms with E-state index in [0.29, 0.717) is 37.7 Å². The number of anilines is 1. The Labute approximate surface area is 141 Å². The lowest BCUT2D eigenvalue weighted by Gasteiger charge is -2.33. The minimum Gasteiger partial charge on any atom is -0.482 e. The van der Waals surface area contributed by atoms with Gasteiger partial charge in [0.15, 0.2) is 6.61 Å². The van der Waals surface area contributed by atoms with Gasteiger partial charge in [0.2, 0.25) is 5.91 Å². The van der Waals surface area contributed by atoms with Gasteiger partial charge in [0.25, 0.3) is 5.91 Å². The first kappa shape index (κ1) is 16.7. The molecule has 0 saturated carbocycles. The molecule has 1 saturated heterocycles. The number of amides is 2. The van der Waals surface area contributed by atoms with Gasteiger partial charge in [-0.25, -0.2) is 0 Å². The standard InChI is InChI=1S/C17H23N3O4/c1-2-13(18)12-3-4-15-14(9-12)20(17(22)11-24-15)10-16(21)19-5-7-23-8-6-19/h3-4,9,13H,2,5-8,10-11,18H2,1H3. The molecule has 3 rings (SSSR count). The number of hydrogen-bond donors (Lipinski definition) is 1. The molecule has 2 heterocycles. The van der Waals surface area contributed by atoms with Crippen molar-refractivity contribution < 1.29 is 19.1 Å². The van der Waals surface area contributed by atoms with E-state index in [0.717, 1.165) is 12.0 Å². The van der Waals surface area contributed by atoms with Crippen LogP contribution in [0.5, 0.6) is 5.75 Å². The fourth-order valence-electron chi connectivity index (χ4n) is 2.91. The van der Waals surface area contributed by atoms with Crippen molar-refractivity contribution >= 4 is 17.5 Å². The minimum atomic E-state index is -0.216. The SMILES string of the molecule is CCC(N)c1ccc2c(c1)N(CC(=O)N1CCOCC1)C(=O)CO2. The van der Waals surface area contributed by atoms with Crippen molar-refractivity contribution in [1.82, 2.24) is 4.90 Å².